The molecule has 2 rings (SSSR count). The van der Waals surface area contributed by atoms with E-state index in [1.54, 1.807) is 13.8 Å². The number of hydrogen-bond acceptors (Lipinski definition) is 3. The summed E-state index contributed by atoms with van der Waals surface area (Å²) in [6.07, 6.45) is -0.130. The molecule has 0 unspecified atom stereocenters. The molecule has 1 aromatic carbocycles. The van der Waals surface area contributed by atoms with Crippen LogP contribution in [-0.2, 0) is 11.2 Å². The SMILES string of the molecule is Cc1nc(-c2ccc(F)cc2Cl)nc(C)c1CC(=O)O. The molecule has 0 saturated heterocycles. The van der Waals surface area contributed by atoms with E-state index in [1.807, 2.05) is 0 Å². The maximum Gasteiger partial charge on any atom is 0.307 e. The van der Waals surface area contributed by atoms with Gasteiger partial charge < -0.3 is 5.11 Å². The first kappa shape index (κ1) is 14.4. The van der Waals surface area contributed by atoms with Gasteiger partial charge in [-0.25, -0.2) is 14.4 Å². The lowest BCUT2D eigenvalue weighted by molar-refractivity contribution is -0.136. The quantitative estimate of drug-likeness (QED) is 0.944. The van der Waals surface area contributed by atoms with Crippen LogP contribution in [0.2, 0.25) is 5.02 Å². The van der Waals surface area contributed by atoms with Gasteiger partial charge in [0, 0.05) is 22.5 Å². The highest BCUT2D eigenvalue weighted by Crippen LogP contribution is 2.27. The van der Waals surface area contributed by atoms with Crippen molar-refractivity contribution >= 4 is 17.6 Å². The minimum Gasteiger partial charge on any atom is -0.481 e. The number of carbonyl (C=O) groups is 1. The zero-order chi connectivity index (χ0) is 14.9. The van der Waals surface area contributed by atoms with Crippen molar-refractivity contribution in [3.8, 4) is 11.4 Å². The van der Waals surface area contributed by atoms with Crippen LogP contribution in [0.25, 0.3) is 11.4 Å². The molecule has 0 spiro atoms. The average Bonchev–Trinajstić information content (AvgIpc) is 2.33. The molecule has 0 bridgehead atoms. The molecule has 0 atom stereocenters. The molecule has 0 fully saturated rings. The zero-order valence-electron chi connectivity index (χ0n) is 10.9. The molecule has 104 valence electrons. The third-order valence-electron chi connectivity index (χ3n) is 2.92. The highest BCUT2D eigenvalue weighted by molar-refractivity contribution is 6.33. The molecule has 0 aliphatic heterocycles. The van der Waals surface area contributed by atoms with Crippen molar-refractivity contribution in [2.75, 3.05) is 0 Å². The molecule has 6 heteroatoms. The number of hydrogen-bond donors (Lipinski definition) is 1. The summed E-state index contributed by atoms with van der Waals surface area (Å²) in [5, 5.41) is 9.08. The smallest absolute Gasteiger partial charge is 0.307 e. The van der Waals surface area contributed by atoms with Crippen molar-refractivity contribution in [3.63, 3.8) is 0 Å². The largest absolute Gasteiger partial charge is 0.481 e. The van der Waals surface area contributed by atoms with Gasteiger partial charge in [-0.2, -0.15) is 0 Å². The second-order valence-corrected chi connectivity index (χ2v) is 4.80. The van der Waals surface area contributed by atoms with Gasteiger partial charge in [-0.15, -0.1) is 0 Å². The Morgan fingerprint density at radius 1 is 1.30 bits per heavy atom. The van der Waals surface area contributed by atoms with Gasteiger partial charge in [-0.3, -0.25) is 4.79 Å². The molecule has 1 N–H and O–H groups in total. The van der Waals surface area contributed by atoms with Crippen molar-refractivity contribution in [2.45, 2.75) is 20.3 Å². The topological polar surface area (TPSA) is 63.1 Å². The van der Waals surface area contributed by atoms with E-state index < -0.39 is 11.8 Å². The molecule has 0 saturated carbocycles. The minimum absolute atomic E-state index is 0.130. The van der Waals surface area contributed by atoms with Gasteiger partial charge in [0.15, 0.2) is 5.82 Å². The first-order chi connectivity index (χ1) is 9.38. The Kier molecular flexibility index (Phi) is 3.99. The fraction of sp³-hybridized carbons (Fsp3) is 0.214. The summed E-state index contributed by atoms with van der Waals surface area (Å²) < 4.78 is 13.0. The van der Waals surface area contributed by atoms with Gasteiger partial charge in [-0.05, 0) is 32.0 Å². The van der Waals surface area contributed by atoms with E-state index >= 15 is 0 Å². The summed E-state index contributed by atoms with van der Waals surface area (Å²) >= 11 is 5.98. The first-order valence-electron chi connectivity index (χ1n) is 5.90. The number of carboxylic acids is 1. The predicted molar refractivity (Wildman–Crippen MR) is 73.2 cm³/mol. The Morgan fingerprint density at radius 2 is 1.90 bits per heavy atom. The Balaban J connectivity index is 2.52. The van der Waals surface area contributed by atoms with Crippen molar-refractivity contribution in [2.24, 2.45) is 0 Å². The Morgan fingerprint density at radius 3 is 2.40 bits per heavy atom. The monoisotopic (exact) mass is 294 g/mol. The molecule has 1 aromatic heterocycles. The highest BCUT2D eigenvalue weighted by Gasteiger charge is 2.14. The summed E-state index contributed by atoms with van der Waals surface area (Å²) in [5.74, 6) is -1.01. The lowest BCUT2D eigenvalue weighted by Crippen LogP contribution is -2.08. The Labute approximate surface area is 120 Å². The molecule has 0 radical (unpaired) electrons. The van der Waals surface area contributed by atoms with Gasteiger partial charge in [0.05, 0.1) is 11.4 Å². The van der Waals surface area contributed by atoms with Crippen LogP contribution in [0.3, 0.4) is 0 Å². The number of rotatable bonds is 3. The summed E-state index contributed by atoms with van der Waals surface area (Å²) in [5.41, 5.74) is 2.26. The van der Waals surface area contributed by atoms with Gasteiger partial charge in [-0.1, -0.05) is 11.6 Å². The van der Waals surface area contributed by atoms with E-state index in [4.69, 9.17) is 16.7 Å². The summed E-state index contributed by atoms with van der Waals surface area (Å²) in [4.78, 5) is 19.3. The predicted octanol–water partition coefficient (Wildman–Crippen LogP) is 3.18. The molecule has 4 nitrogen and oxygen atoms in total. The molecule has 0 aliphatic rings. The first-order valence-corrected chi connectivity index (χ1v) is 6.27. The van der Waals surface area contributed by atoms with Crippen LogP contribution >= 0.6 is 11.6 Å². The summed E-state index contributed by atoms with van der Waals surface area (Å²) in [7, 11) is 0. The second-order valence-electron chi connectivity index (χ2n) is 4.39. The normalized spacial score (nSPS) is 10.6. The number of carboxylic acid groups (broad SMARTS) is 1. The number of benzene rings is 1. The number of aliphatic carboxylic acids is 1. The fourth-order valence-corrected chi connectivity index (χ4v) is 2.19. The van der Waals surface area contributed by atoms with Gasteiger partial charge in [0.1, 0.15) is 5.82 Å². The number of aryl methyl sites for hydroxylation is 2. The fourth-order valence-electron chi connectivity index (χ4n) is 1.94. The van der Waals surface area contributed by atoms with Crippen molar-refractivity contribution in [3.05, 3.63) is 46.0 Å². The zero-order valence-corrected chi connectivity index (χ0v) is 11.7. The molecular formula is C14H12ClFN2O2. The third-order valence-corrected chi connectivity index (χ3v) is 3.23. The molecule has 20 heavy (non-hydrogen) atoms. The standard InChI is InChI=1S/C14H12ClFN2O2/c1-7-11(6-13(19)20)8(2)18-14(17-7)10-4-3-9(16)5-12(10)15/h3-5H,6H2,1-2H3,(H,19,20). The van der Waals surface area contributed by atoms with Gasteiger partial charge in [0.2, 0.25) is 0 Å². The van der Waals surface area contributed by atoms with Crippen LogP contribution < -0.4 is 0 Å². The van der Waals surface area contributed by atoms with Crippen LogP contribution in [0.15, 0.2) is 18.2 Å². The van der Waals surface area contributed by atoms with Crippen LogP contribution in [0.5, 0.6) is 0 Å². The average molecular weight is 295 g/mol. The van der Waals surface area contributed by atoms with Crippen molar-refractivity contribution in [1.29, 1.82) is 0 Å². The van der Waals surface area contributed by atoms with Crippen LogP contribution in [0.1, 0.15) is 17.0 Å². The van der Waals surface area contributed by atoms with E-state index in [0.29, 0.717) is 28.3 Å². The van der Waals surface area contributed by atoms with Gasteiger partial charge >= 0.3 is 5.97 Å². The lowest BCUT2D eigenvalue weighted by atomic mass is 10.1. The summed E-state index contributed by atoms with van der Waals surface area (Å²) in [6.45, 7) is 3.43. The van der Waals surface area contributed by atoms with Gasteiger partial charge in [0.25, 0.3) is 0 Å². The van der Waals surface area contributed by atoms with Crippen molar-refractivity contribution in [1.82, 2.24) is 9.97 Å². The van der Waals surface area contributed by atoms with Crippen LogP contribution in [0, 0.1) is 19.7 Å². The van der Waals surface area contributed by atoms with Crippen LogP contribution in [-0.4, -0.2) is 21.0 Å². The third kappa shape index (κ3) is 2.93. The maximum absolute atomic E-state index is 13.0. The minimum atomic E-state index is -0.938. The second kappa shape index (κ2) is 5.54. The van der Waals surface area contributed by atoms with E-state index in [2.05, 4.69) is 9.97 Å². The molecule has 1 heterocycles. The van der Waals surface area contributed by atoms with E-state index in [1.165, 1.54) is 18.2 Å². The van der Waals surface area contributed by atoms with E-state index in [9.17, 15) is 9.18 Å². The number of halogens is 2. The van der Waals surface area contributed by atoms with E-state index in [-0.39, 0.29) is 11.4 Å². The van der Waals surface area contributed by atoms with E-state index in [0.717, 1.165) is 0 Å². The van der Waals surface area contributed by atoms with Crippen LogP contribution in [0.4, 0.5) is 4.39 Å². The number of aromatic nitrogens is 2. The molecule has 0 aliphatic carbocycles. The molecule has 2 aromatic rings. The Bertz CT molecular complexity index is 666. The summed E-state index contributed by atoms with van der Waals surface area (Å²) in [6, 6.07) is 3.97. The number of nitrogens with zero attached hydrogens (tertiary/aromatic N) is 2. The maximum atomic E-state index is 13.0. The molecule has 0 amide bonds. The highest BCUT2D eigenvalue weighted by atomic mass is 35.5. The van der Waals surface area contributed by atoms with Crippen molar-refractivity contribution < 1.29 is 14.3 Å². The molecular weight excluding hydrogens is 283 g/mol. The Hall–Kier alpha value is -2.01. The lowest BCUT2D eigenvalue weighted by Gasteiger charge is -2.10.